The zero-order chi connectivity index (χ0) is 28.4. The number of amides is 1. The number of H-pyrrole nitrogens is 1. The molecule has 1 amide bonds. The smallest absolute Gasteiger partial charge is 0.239 e. The Kier molecular flexibility index (Phi) is 8.50. The third-order valence-corrected chi connectivity index (χ3v) is 9.03. The van der Waals surface area contributed by atoms with Crippen molar-refractivity contribution in [2.24, 2.45) is 5.41 Å². The molecule has 0 fully saturated rings. The average molecular weight is 599 g/mol. The predicted octanol–water partition coefficient (Wildman–Crippen LogP) is 6.69. The van der Waals surface area contributed by atoms with E-state index in [0.717, 1.165) is 45.5 Å². The van der Waals surface area contributed by atoms with Gasteiger partial charge in [-0.1, -0.05) is 55.2 Å². The number of imidazole rings is 1. The molecular formula is C30H33Cl2N5O2S. The first-order valence-corrected chi connectivity index (χ1v) is 15.2. The number of allylic oxidation sites excluding steroid dienone is 1. The lowest BCUT2D eigenvalue weighted by Crippen LogP contribution is -2.42. The van der Waals surface area contributed by atoms with E-state index in [1.807, 2.05) is 42.2 Å². The van der Waals surface area contributed by atoms with E-state index in [4.69, 9.17) is 23.2 Å². The highest BCUT2D eigenvalue weighted by molar-refractivity contribution is 7.98. The summed E-state index contributed by atoms with van der Waals surface area (Å²) >= 11 is 14.5. The predicted molar refractivity (Wildman–Crippen MR) is 164 cm³/mol. The Balaban J connectivity index is 1.44. The van der Waals surface area contributed by atoms with Gasteiger partial charge in [0.2, 0.25) is 5.91 Å². The Morgan fingerprint density at radius 3 is 2.73 bits per heavy atom. The van der Waals surface area contributed by atoms with Crippen molar-refractivity contribution in [3.8, 4) is 0 Å². The molecule has 3 aromatic rings. The lowest BCUT2D eigenvalue weighted by Gasteiger charge is -2.38. The molecule has 2 heterocycles. The van der Waals surface area contributed by atoms with Crippen LogP contribution in [0.4, 0.5) is 11.4 Å². The molecular weight excluding hydrogens is 565 g/mol. The number of carbonyl (C=O) groups excluding carboxylic acids is 2. The molecule has 40 heavy (non-hydrogen) atoms. The second-order valence-electron chi connectivity index (χ2n) is 11.1. The molecule has 0 saturated heterocycles. The zero-order valence-electron chi connectivity index (χ0n) is 22.8. The summed E-state index contributed by atoms with van der Waals surface area (Å²) in [5.41, 5.74) is 5.98. The highest BCUT2D eigenvalue weighted by atomic mass is 35.5. The van der Waals surface area contributed by atoms with Gasteiger partial charge in [0.25, 0.3) is 0 Å². The number of Topliss-reactive ketones (excluding diaryl/α,β-unsaturated/α-hetero) is 1. The normalized spacial score (nSPS) is 18.1. The number of para-hydroxylation sites is 2. The molecule has 0 bridgehead atoms. The van der Waals surface area contributed by atoms with E-state index in [0.29, 0.717) is 35.0 Å². The van der Waals surface area contributed by atoms with Gasteiger partial charge in [0, 0.05) is 41.4 Å². The highest BCUT2D eigenvalue weighted by Gasteiger charge is 2.42. The van der Waals surface area contributed by atoms with Crippen molar-refractivity contribution >= 4 is 58.0 Å². The van der Waals surface area contributed by atoms with Crippen LogP contribution in [0.1, 0.15) is 49.7 Å². The first kappa shape index (κ1) is 28.6. The lowest BCUT2D eigenvalue weighted by molar-refractivity contribution is -0.120. The van der Waals surface area contributed by atoms with E-state index < -0.39 is 6.04 Å². The van der Waals surface area contributed by atoms with Gasteiger partial charge in [-0.25, -0.2) is 4.98 Å². The number of hydrogen-bond acceptors (Lipinski definition) is 6. The van der Waals surface area contributed by atoms with Crippen molar-refractivity contribution in [3.63, 3.8) is 0 Å². The molecule has 1 atom stereocenters. The number of aryl methyl sites for hydroxylation is 1. The van der Waals surface area contributed by atoms with Gasteiger partial charge in [0.15, 0.2) is 5.78 Å². The van der Waals surface area contributed by atoms with E-state index in [9.17, 15) is 9.59 Å². The SMILES string of the molecule is Cc1[nH]cnc1CSCCNC(=O)CN1c2ccccc2NC2=C(C(=O)CC(C)(C)C2)C1c1ccc(Cl)c(Cl)c1. The number of hydrogen-bond donors (Lipinski definition) is 3. The molecule has 7 nitrogen and oxygen atoms in total. The number of carbonyl (C=O) groups is 2. The molecule has 3 N–H and O–H groups in total. The number of thioether (sulfide) groups is 1. The van der Waals surface area contributed by atoms with E-state index in [1.165, 1.54) is 0 Å². The largest absolute Gasteiger partial charge is 0.357 e. The number of aromatic amines is 1. The fraction of sp³-hybridized carbons (Fsp3) is 0.367. The summed E-state index contributed by atoms with van der Waals surface area (Å²) in [6.45, 7) is 6.82. The first-order valence-electron chi connectivity index (χ1n) is 13.3. The lowest BCUT2D eigenvalue weighted by atomic mass is 9.73. The summed E-state index contributed by atoms with van der Waals surface area (Å²) in [5.74, 6) is 1.49. The number of ketones is 1. The van der Waals surface area contributed by atoms with Gasteiger partial charge < -0.3 is 20.5 Å². The quantitative estimate of drug-likeness (QED) is 0.251. The van der Waals surface area contributed by atoms with Crippen LogP contribution in [0.3, 0.4) is 0 Å². The van der Waals surface area contributed by atoms with E-state index >= 15 is 0 Å². The number of anilines is 2. The number of aromatic nitrogens is 2. The molecule has 1 aliphatic heterocycles. The second-order valence-corrected chi connectivity index (χ2v) is 13.0. The van der Waals surface area contributed by atoms with Crippen LogP contribution >= 0.6 is 35.0 Å². The molecule has 5 rings (SSSR count). The Hall–Kier alpha value is -2.94. The average Bonchev–Trinajstić information content (AvgIpc) is 3.25. The van der Waals surface area contributed by atoms with Crippen LogP contribution < -0.4 is 15.5 Å². The summed E-state index contributed by atoms with van der Waals surface area (Å²) in [4.78, 5) is 36.6. The van der Waals surface area contributed by atoms with E-state index in [-0.39, 0.29) is 23.7 Å². The summed E-state index contributed by atoms with van der Waals surface area (Å²) in [7, 11) is 0. The van der Waals surface area contributed by atoms with Crippen LogP contribution in [0.15, 0.2) is 60.1 Å². The Labute approximate surface area is 249 Å². The molecule has 2 aliphatic rings. The zero-order valence-corrected chi connectivity index (χ0v) is 25.1. The molecule has 1 aliphatic carbocycles. The van der Waals surface area contributed by atoms with Crippen molar-refractivity contribution in [2.75, 3.05) is 29.1 Å². The fourth-order valence-corrected chi connectivity index (χ4v) is 6.61. The first-order chi connectivity index (χ1) is 19.1. The fourth-order valence-electron chi connectivity index (χ4n) is 5.43. The maximum atomic E-state index is 13.8. The molecule has 10 heteroatoms. The van der Waals surface area contributed by atoms with Gasteiger partial charge >= 0.3 is 0 Å². The molecule has 0 radical (unpaired) electrons. The third kappa shape index (κ3) is 6.19. The standard InChI is InChI=1S/C30H33Cl2N5O2S/c1-18-24(35-17-34-18)16-40-11-10-33-27(39)15-37-25-7-5-4-6-22(25)36-23-13-30(2,3)14-26(38)28(23)29(37)19-8-9-20(31)21(32)12-19/h4-9,12,17,29,36H,10-11,13-16H2,1-3H3,(H,33,39)(H,34,35). The molecule has 1 aromatic heterocycles. The van der Waals surface area contributed by atoms with Gasteiger partial charge in [-0.15, -0.1) is 0 Å². The molecule has 2 aromatic carbocycles. The van der Waals surface area contributed by atoms with Crippen molar-refractivity contribution in [2.45, 2.75) is 45.4 Å². The van der Waals surface area contributed by atoms with Crippen LogP contribution in [0.2, 0.25) is 10.0 Å². The number of rotatable bonds is 8. The van der Waals surface area contributed by atoms with Gasteiger partial charge in [-0.2, -0.15) is 11.8 Å². The van der Waals surface area contributed by atoms with Crippen LogP contribution in [-0.2, 0) is 15.3 Å². The van der Waals surface area contributed by atoms with Gasteiger partial charge in [0.1, 0.15) is 0 Å². The van der Waals surface area contributed by atoms with Crippen molar-refractivity contribution < 1.29 is 9.59 Å². The second kappa shape index (κ2) is 11.9. The van der Waals surface area contributed by atoms with Crippen molar-refractivity contribution in [1.29, 1.82) is 0 Å². The Morgan fingerprint density at radius 1 is 1.18 bits per heavy atom. The minimum atomic E-state index is -0.507. The van der Waals surface area contributed by atoms with Gasteiger partial charge in [-0.3, -0.25) is 9.59 Å². The number of nitrogens with one attached hydrogen (secondary N) is 3. The number of halogens is 2. The number of nitrogens with zero attached hydrogens (tertiary/aromatic N) is 2. The van der Waals surface area contributed by atoms with E-state index in [2.05, 4.69) is 34.4 Å². The summed E-state index contributed by atoms with van der Waals surface area (Å²) < 4.78 is 0. The van der Waals surface area contributed by atoms with Gasteiger partial charge in [-0.05, 0) is 48.6 Å². The molecule has 0 spiro atoms. The minimum Gasteiger partial charge on any atom is -0.357 e. The summed E-state index contributed by atoms with van der Waals surface area (Å²) in [6.07, 6.45) is 2.84. The van der Waals surface area contributed by atoms with Crippen LogP contribution in [0.25, 0.3) is 0 Å². The minimum absolute atomic E-state index is 0.0677. The maximum Gasteiger partial charge on any atom is 0.239 e. The molecule has 210 valence electrons. The van der Waals surface area contributed by atoms with Crippen molar-refractivity contribution in [3.05, 3.63) is 87.1 Å². The topological polar surface area (TPSA) is 90.1 Å². The monoisotopic (exact) mass is 597 g/mol. The van der Waals surface area contributed by atoms with Crippen molar-refractivity contribution in [1.82, 2.24) is 15.3 Å². The van der Waals surface area contributed by atoms with Crippen LogP contribution in [0, 0.1) is 12.3 Å². The highest BCUT2D eigenvalue weighted by Crippen LogP contribution is 2.48. The summed E-state index contributed by atoms with van der Waals surface area (Å²) in [5, 5.41) is 7.48. The van der Waals surface area contributed by atoms with Crippen LogP contribution in [0.5, 0.6) is 0 Å². The number of benzene rings is 2. The third-order valence-electron chi connectivity index (χ3n) is 7.32. The summed E-state index contributed by atoms with van der Waals surface area (Å²) in [6, 6.07) is 12.8. The van der Waals surface area contributed by atoms with Gasteiger partial charge in [0.05, 0.1) is 46.0 Å². The Bertz CT molecular complexity index is 1470. The number of fused-ring (bicyclic) bond motifs is 1. The molecule has 1 unspecified atom stereocenters. The van der Waals surface area contributed by atoms with E-state index in [1.54, 1.807) is 30.2 Å². The Morgan fingerprint density at radius 2 is 1.98 bits per heavy atom. The van der Waals surface area contributed by atoms with Crippen LogP contribution in [-0.4, -0.2) is 40.5 Å². The molecule has 0 saturated carbocycles. The maximum absolute atomic E-state index is 13.8.